The summed E-state index contributed by atoms with van der Waals surface area (Å²) in [5.74, 6) is 2.05. The van der Waals surface area contributed by atoms with E-state index in [1.807, 2.05) is 18.2 Å². The highest BCUT2D eigenvalue weighted by Gasteiger charge is 2.49. The third-order valence-electron chi connectivity index (χ3n) is 5.61. The van der Waals surface area contributed by atoms with Gasteiger partial charge >= 0.3 is 0 Å². The molecule has 1 aromatic rings. The van der Waals surface area contributed by atoms with Crippen molar-refractivity contribution >= 4 is 17.5 Å². The van der Waals surface area contributed by atoms with Gasteiger partial charge in [-0.3, -0.25) is 4.79 Å². The average Bonchev–Trinajstić information content (AvgIpc) is 3.04. The molecule has 3 aliphatic rings. The van der Waals surface area contributed by atoms with E-state index < -0.39 is 0 Å². The first-order valence-corrected chi connectivity index (χ1v) is 8.31. The van der Waals surface area contributed by atoms with Crippen molar-refractivity contribution in [2.75, 3.05) is 13.1 Å². The van der Waals surface area contributed by atoms with Gasteiger partial charge in [0.1, 0.15) is 0 Å². The Bertz CT molecular complexity index is 576. The van der Waals surface area contributed by atoms with Crippen LogP contribution in [0.25, 0.3) is 0 Å². The predicted octanol–water partition coefficient (Wildman–Crippen LogP) is 2.64. The zero-order valence-corrected chi connectivity index (χ0v) is 12.8. The first-order valence-electron chi connectivity index (χ1n) is 7.93. The lowest BCUT2D eigenvalue weighted by molar-refractivity contribution is -0.131. The second-order valence-electron chi connectivity index (χ2n) is 6.91. The standard InChI is InChI=1S/C17H21ClN2O/c18-12-3-1-2-10(6-12)13-7-14(13)17(21)20-8-11-4-5-16(19)15(11)9-20/h1-3,6,11,13-16H,4-5,7-9,19H2. The molecule has 3 nitrogen and oxygen atoms in total. The molecule has 5 unspecified atom stereocenters. The van der Waals surface area contributed by atoms with E-state index in [1.165, 1.54) is 12.0 Å². The SMILES string of the molecule is NC1CCC2CN(C(=O)C3CC3c3cccc(Cl)c3)CC12. The van der Waals surface area contributed by atoms with Gasteiger partial charge in [-0.15, -0.1) is 0 Å². The van der Waals surface area contributed by atoms with Crippen molar-refractivity contribution in [1.82, 2.24) is 4.90 Å². The van der Waals surface area contributed by atoms with Crippen LogP contribution in [-0.4, -0.2) is 29.9 Å². The third kappa shape index (κ3) is 2.36. The molecular weight excluding hydrogens is 284 g/mol. The number of hydrogen-bond donors (Lipinski definition) is 1. The number of carbonyl (C=O) groups excluding carboxylic acids is 1. The van der Waals surface area contributed by atoms with E-state index in [1.54, 1.807) is 0 Å². The molecule has 2 aliphatic carbocycles. The molecule has 0 spiro atoms. The number of nitrogens with zero attached hydrogens (tertiary/aromatic N) is 1. The number of amides is 1. The highest BCUT2D eigenvalue weighted by Crippen LogP contribution is 2.50. The van der Waals surface area contributed by atoms with Crippen molar-refractivity contribution in [1.29, 1.82) is 0 Å². The number of rotatable bonds is 2. The number of likely N-dealkylation sites (tertiary alicyclic amines) is 1. The maximum Gasteiger partial charge on any atom is 0.226 e. The Morgan fingerprint density at radius 3 is 2.90 bits per heavy atom. The Hall–Kier alpha value is -1.06. The number of fused-ring (bicyclic) bond motifs is 1. The predicted molar refractivity (Wildman–Crippen MR) is 83.1 cm³/mol. The summed E-state index contributed by atoms with van der Waals surface area (Å²) < 4.78 is 0. The van der Waals surface area contributed by atoms with E-state index in [-0.39, 0.29) is 5.92 Å². The molecule has 1 heterocycles. The molecule has 1 aromatic carbocycles. The van der Waals surface area contributed by atoms with Crippen molar-refractivity contribution in [3.63, 3.8) is 0 Å². The van der Waals surface area contributed by atoms with Crippen LogP contribution in [0, 0.1) is 17.8 Å². The molecule has 4 rings (SSSR count). The lowest BCUT2D eigenvalue weighted by Crippen LogP contribution is -2.34. The summed E-state index contributed by atoms with van der Waals surface area (Å²) >= 11 is 6.04. The molecule has 1 saturated heterocycles. The first kappa shape index (κ1) is 13.6. The van der Waals surface area contributed by atoms with E-state index in [0.717, 1.165) is 31.0 Å². The Kier molecular flexibility index (Phi) is 3.23. The van der Waals surface area contributed by atoms with Crippen LogP contribution in [0.5, 0.6) is 0 Å². The summed E-state index contributed by atoms with van der Waals surface area (Å²) in [6, 6.07) is 8.23. The maximum absolute atomic E-state index is 12.7. The fourth-order valence-electron chi connectivity index (χ4n) is 4.30. The van der Waals surface area contributed by atoms with Crippen LogP contribution in [0.1, 0.15) is 30.7 Å². The average molecular weight is 305 g/mol. The minimum absolute atomic E-state index is 0.165. The van der Waals surface area contributed by atoms with Gasteiger partial charge in [-0.1, -0.05) is 23.7 Å². The van der Waals surface area contributed by atoms with Gasteiger partial charge in [-0.25, -0.2) is 0 Å². The van der Waals surface area contributed by atoms with E-state index in [0.29, 0.717) is 29.7 Å². The Morgan fingerprint density at radius 1 is 1.29 bits per heavy atom. The lowest BCUT2D eigenvalue weighted by Gasteiger charge is -2.19. The van der Waals surface area contributed by atoms with Crippen molar-refractivity contribution in [3.05, 3.63) is 34.9 Å². The van der Waals surface area contributed by atoms with Crippen LogP contribution >= 0.6 is 11.6 Å². The van der Waals surface area contributed by atoms with E-state index in [4.69, 9.17) is 17.3 Å². The summed E-state index contributed by atoms with van der Waals surface area (Å²) in [6.07, 6.45) is 3.29. The van der Waals surface area contributed by atoms with Gasteiger partial charge in [0.15, 0.2) is 0 Å². The summed E-state index contributed by atoms with van der Waals surface area (Å²) in [4.78, 5) is 14.7. The molecule has 112 valence electrons. The minimum atomic E-state index is 0.165. The first-order chi connectivity index (χ1) is 10.1. The highest BCUT2D eigenvalue weighted by atomic mass is 35.5. The van der Waals surface area contributed by atoms with Crippen LogP contribution in [-0.2, 0) is 4.79 Å². The Balaban J connectivity index is 1.41. The smallest absolute Gasteiger partial charge is 0.226 e. The maximum atomic E-state index is 12.7. The van der Waals surface area contributed by atoms with Gasteiger partial charge in [0.2, 0.25) is 5.91 Å². The summed E-state index contributed by atoms with van der Waals surface area (Å²) in [5, 5.41) is 0.757. The fraction of sp³-hybridized carbons (Fsp3) is 0.588. The van der Waals surface area contributed by atoms with Gasteiger partial charge in [0.05, 0.1) is 0 Å². The van der Waals surface area contributed by atoms with Crippen molar-refractivity contribution in [3.8, 4) is 0 Å². The molecular formula is C17H21ClN2O. The molecule has 3 fully saturated rings. The summed E-state index contributed by atoms with van der Waals surface area (Å²) in [7, 11) is 0. The van der Waals surface area contributed by atoms with E-state index in [9.17, 15) is 4.79 Å². The molecule has 0 bridgehead atoms. The number of benzene rings is 1. The third-order valence-corrected chi connectivity index (χ3v) is 5.84. The van der Waals surface area contributed by atoms with Gasteiger partial charge in [0.25, 0.3) is 0 Å². The molecule has 0 aromatic heterocycles. The molecule has 1 amide bonds. The zero-order chi connectivity index (χ0) is 14.6. The fourth-order valence-corrected chi connectivity index (χ4v) is 4.49. The van der Waals surface area contributed by atoms with Crippen molar-refractivity contribution in [2.45, 2.75) is 31.2 Å². The molecule has 21 heavy (non-hydrogen) atoms. The highest BCUT2D eigenvalue weighted by molar-refractivity contribution is 6.30. The van der Waals surface area contributed by atoms with Crippen LogP contribution < -0.4 is 5.73 Å². The van der Waals surface area contributed by atoms with Gasteiger partial charge in [-0.05, 0) is 54.7 Å². The summed E-state index contributed by atoms with van der Waals surface area (Å²) in [6.45, 7) is 1.80. The minimum Gasteiger partial charge on any atom is -0.342 e. The van der Waals surface area contributed by atoms with Crippen LogP contribution in [0.2, 0.25) is 5.02 Å². The van der Waals surface area contributed by atoms with Crippen molar-refractivity contribution < 1.29 is 4.79 Å². The van der Waals surface area contributed by atoms with E-state index >= 15 is 0 Å². The van der Waals surface area contributed by atoms with E-state index in [2.05, 4.69) is 11.0 Å². The van der Waals surface area contributed by atoms with Gasteiger partial charge in [-0.2, -0.15) is 0 Å². The Labute approximate surface area is 130 Å². The number of hydrogen-bond acceptors (Lipinski definition) is 2. The molecule has 0 radical (unpaired) electrons. The van der Waals surface area contributed by atoms with Crippen LogP contribution in [0.3, 0.4) is 0 Å². The number of carbonyl (C=O) groups is 1. The molecule has 2 saturated carbocycles. The topological polar surface area (TPSA) is 46.3 Å². The Morgan fingerprint density at radius 2 is 2.14 bits per heavy atom. The van der Waals surface area contributed by atoms with Gasteiger partial charge < -0.3 is 10.6 Å². The van der Waals surface area contributed by atoms with Crippen LogP contribution in [0.4, 0.5) is 0 Å². The zero-order valence-electron chi connectivity index (χ0n) is 12.0. The molecule has 1 aliphatic heterocycles. The normalized spacial score (nSPS) is 37.6. The largest absolute Gasteiger partial charge is 0.342 e. The monoisotopic (exact) mass is 304 g/mol. The quantitative estimate of drug-likeness (QED) is 0.913. The van der Waals surface area contributed by atoms with Crippen molar-refractivity contribution in [2.24, 2.45) is 23.5 Å². The molecule has 5 atom stereocenters. The lowest BCUT2D eigenvalue weighted by atomic mass is 9.98. The number of nitrogens with two attached hydrogens (primary N) is 1. The number of halogens is 1. The van der Waals surface area contributed by atoms with Gasteiger partial charge in [0, 0.05) is 30.1 Å². The molecule has 2 N–H and O–H groups in total. The second kappa shape index (κ2) is 4.99. The molecule has 4 heteroatoms. The van der Waals surface area contributed by atoms with Crippen LogP contribution in [0.15, 0.2) is 24.3 Å². The summed E-state index contributed by atoms with van der Waals surface area (Å²) in [5.41, 5.74) is 7.36. The second-order valence-corrected chi connectivity index (χ2v) is 7.35.